The van der Waals surface area contributed by atoms with E-state index in [2.05, 4.69) is 5.32 Å². The van der Waals surface area contributed by atoms with Crippen molar-refractivity contribution in [1.82, 2.24) is 0 Å². The van der Waals surface area contributed by atoms with Crippen molar-refractivity contribution in [3.8, 4) is 11.5 Å². The van der Waals surface area contributed by atoms with Gasteiger partial charge >= 0.3 is 5.97 Å². The Morgan fingerprint density at radius 3 is 2.26 bits per heavy atom. The quantitative estimate of drug-likeness (QED) is 0.547. The number of thioether (sulfide) groups is 1. The molecule has 2 aromatic carbocycles. The van der Waals surface area contributed by atoms with Crippen LogP contribution in [-0.2, 0) is 14.3 Å². The number of hydrogen-bond acceptors (Lipinski definition) is 6. The first kappa shape index (κ1) is 20.6. The Balaban J connectivity index is 1.92. The number of ether oxygens (including phenoxy) is 3. The number of carbonyl (C=O) groups is 2. The van der Waals surface area contributed by atoms with Crippen LogP contribution in [0.5, 0.6) is 11.5 Å². The van der Waals surface area contributed by atoms with Gasteiger partial charge < -0.3 is 19.5 Å². The van der Waals surface area contributed by atoms with Crippen LogP contribution in [-0.4, -0.2) is 37.4 Å². The van der Waals surface area contributed by atoms with Crippen molar-refractivity contribution in [2.45, 2.75) is 30.1 Å². The lowest BCUT2D eigenvalue weighted by Crippen LogP contribution is -2.32. The predicted octanol–water partition coefficient (Wildman–Crippen LogP) is 3.75. The molecule has 2 aromatic rings. The van der Waals surface area contributed by atoms with Gasteiger partial charge in [-0.05, 0) is 38.1 Å². The molecule has 27 heavy (non-hydrogen) atoms. The maximum atomic E-state index is 12.3. The third-order valence-electron chi connectivity index (χ3n) is 3.70. The highest BCUT2D eigenvalue weighted by Crippen LogP contribution is 2.30. The molecule has 0 aromatic heterocycles. The second-order valence-corrected chi connectivity index (χ2v) is 7.13. The molecule has 0 aliphatic heterocycles. The summed E-state index contributed by atoms with van der Waals surface area (Å²) in [7, 11) is 3.05. The van der Waals surface area contributed by atoms with Crippen LogP contribution in [0.2, 0.25) is 0 Å². The minimum Gasteiger partial charge on any atom is -0.493 e. The fourth-order valence-corrected chi connectivity index (χ4v) is 3.11. The molecule has 0 radical (unpaired) electrons. The van der Waals surface area contributed by atoms with Crippen molar-refractivity contribution in [1.29, 1.82) is 0 Å². The fourth-order valence-electron chi connectivity index (χ4n) is 2.23. The van der Waals surface area contributed by atoms with E-state index in [0.29, 0.717) is 17.2 Å². The first-order chi connectivity index (χ1) is 12.9. The number of rotatable bonds is 8. The molecule has 7 heteroatoms. The van der Waals surface area contributed by atoms with Crippen LogP contribution in [0.3, 0.4) is 0 Å². The number of nitrogens with one attached hydrogen (secondary N) is 1. The van der Waals surface area contributed by atoms with Gasteiger partial charge in [-0.2, -0.15) is 0 Å². The standard InChI is InChI=1S/C20H23NO5S/c1-13(26-20(23)14(2)27-16-8-6-5-7-9-16)19(22)21-15-10-11-17(24-3)18(12-15)25-4/h5-14H,1-4H3,(H,21,22)/t13-,14+/m1/s1. The highest BCUT2D eigenvalue weighted by molar-refractivity contribution is 8.00. The second-order valence-electron chi connectivity index (χ2n) is 5.71. The van der Waals surface area contributed by atoms with E-state index in [1.54, 1.807) is 25.1 Å². The van der Waals surface area contributed by atoms with Gasteiger partial charge in [0.2, 0.25) is 0 Å². The summed E-state index contributed by atoms with van der Waals surface area (Å²) in [6.45, 7) is 3.28. The SMILES string of the molecule is COc1ccc(NC(=O)[C@@H](C)OC(=O)[C@H](C)Sc2ccccc2)cc1OC. The number of benzene rings is 2. The van der Waals surface area contributed by atoms with Gasteiger partial charge in [-0.1, -0.05) is 18.2 Å². The maximum absolute atomic E-state index is 12.3. The molecule has 1 N–H and O–H groups in total. The zero-order valence-corrected chi connectivity index (χ0v) is 16.5. The molecular weight excluding hydrogens is 366 g/mol. The largest absolute Gasteiger partial charge is 0.493 e. The summed E-state index contributed by atoms with van der Waals surface area (Å²) in [5.41, 5.74) is 0.521. The summed E-state index contributed by atoms with van der Waals surface area (Å²) in [6, 6.07) is 14.6. The molecule has 6 nitrogen and oxygen atoms in total. The van der Waals surface area contributed by atoms with Gasteiger partial charge in [-0.15, -0.1) is 11.8 Å². The second kappa shape index (κ2) is 9.87. The third kappa shape index (κ3) is 5.92. The lowest BCUT2D eigenvalue weighted by Gasteiger charge is -2.17. The third-order valence-corrected chi connectivity index (χ3v) is 4.79. The normalized spacial score (nSPS) is 12.6. The molecule has 1 amide bonds. The van der Waals surface area contributed by atoms with Crippen molar-refractivity contribution in [2.24, 2.45) is 0 Å². The van der Waals surface area contributed by atoms with Crippen LogP contribution < -0.4 is 14.8 Å². The summed E-state index contributed by atoms with van der Waals surface area (Å²) < 4.78 is 15.7. The Hall–Kier alpha value is -2.67. The molecule has 0 bridgehead atoms. The van der Waals surface area contributed by atoms with Crippen LogP contribution in [0.1, 0.15) is 13.8 Å². The minimum atomic E-state index is -0.926. The molecule has 144 valence electrons. The van der Waals surface area contributed by atoms with Crippen molar-refractivity contribution in [2.75, 3.05) is 19.5 Å². The Morgan fingerprint density at radius 2 is 1.63 bits per heavy atom. The van der Waals surface area contributed by atoms with E-state index in [1.807, 2.05) is 30.3 Å². The van der Waals surface area contributed by atoms with Crippen molar-refractivity contribution >= 4 is 29.3 Å². The topological polar surface area (TPSA) is 73.9 Å². The molecule has 2 rings (SSSR count). The van der Waals surface area contributed by atoms with Gasteiger partial charge in [-0.3, -0.25) is 9.59 Å². The molecule has 0 aliphatic rings. The van der Waals surface area contributed by atoms with Crippen molar-refractivity contribution < 1.29 is 23.8 Å². The number of amides is 1. The van der Waals surface area contributed by atoms with Gasteiger partial charge in [0.25, 0.3) is 5.91 Å². The van der Waals surface area contributed by atoms with Gasteiger partial charge in [0.05, 0.1) is 14.2 Å². The van der Waals surface area contributed by atoms with Crippen molar-refractivity contribution in [3.63, 3.8) is 0 Å². The van der Waals surface area contributed by atoms with E-state index in [9.17, 15) is 9.59 Å². The molecule has 0 saturated carbocycles. The van der Waals surface area contributed by atoms with E-state index < -0.39 is 23.2 Å². The van der Waals surface area contributed by atoms with E-state index in [-0.39, 0.29) is 0 Å². The minimum absolute atomic E-state index is 0.424. The number of methoxy groups -OCH3 is 2. The Labute approximate surface area is 163 Å². The van der Waals surface area contributed by atoms with Crippen LogP contribution in [0.4, 0.5) is 5.69 Å². The lowest BCUT2D eigenvalue weighted by atomic mass is 10.2. The van der Waals surface area contributed by atoms with Gasteiger partial charge in [0, 0.05) is 16.6 Å². The zero-order chi connectivity index (χ0) is 19.8. The van der Waals surface area contributed by atoms with Crippen LogP contribution in [0.15, 0.2) is 53.4 Å². The van der Waals surface area contributed by atoms with Gasteiger partial charge in [0.1, 0.15) is 5.25 Å². The number of anilines is 1. The van der Waals surface area contributed by atoms with E-state index in [0.717, 1.165) is 4.90 Å². The molecule has 0 unspecified atom stereocenters. The smallest absolute Gasteiger partial charge is 0.319 e. The average molecular weight is 389 g/mol. The van der Waals surface area contributed by atoms with Gasteiger partial charge in [0.15, 0.2) is 17.6 Å². The van der Waals surface area contributed by atoms with E-state index in [4.69, 9.17) is 14.2 Å². The van der Waals surface area contributed by atoms with Crippen LogP contribution in [0.25, 0.3) is 0 Å². The number of hydrogen-bond donors (Lipinski definition) is 1. The van der Waals surface area contributed by atoms with Gasteiger partial charge in [-0.25, -0.2) is 0 Å². The zero-order valence-electron chi connectivity index (χ0n) is 15.7. The first-order valence-electron chi connectivity index (χ1n) is 8.39. The maximum Gasteiger partial charge on any atom is 0.319 e. The predicted molar refractivity (Wildman–Crippen MR) is 105 cm³/mol. The molecule has 0 aliphatic carbocycles. The highest BCUT2D eigenvalue weighted by atomic mass is 32.2. The molecule has 0 spiro atoms. The Morgan fingerprint density at radius 1 is 0.963 bits per heavy atom. The molecular formula is C20H23NO5S. The summed E-state index contributed by atoms with van der Waals surface area (Å²) in [4.78, 5) is 25.5. The Bertz CT molecular complexity index is 781. The van der Waals surface area contributed by atoms with Crippen LogP contribution >= 0.6 is 11.8 Å². The molecule has 0 heterocycles. The molecule has 2 atom stereocenters. The summed E-state index contributed by atoms with van der Waals surface area (Å²) in [6.07, 6.45) is -0.926. The Kier molecular flexibility index (Phi) is 7.55. The summed E-state index contributed by atoms with van der Waals surface area (Å²) in [5.74, 6) is 0.181. The monoisotopic (exact) mass is 389 g/mol. The van der Waals surface area contributed by atoms with Crippen LogP contribution in [0, 0.1) is 0 Å². The van der Waals surface area contributed by atoms with E-state index in [1.165, 1.54) is 32.9 Å². The number of carbonyl (C=O) groups excluding carboxylic acids is 2. The highest BCUT2D eigenvalue weighted by Gasteiger charge is 2.23. The van der Waals surface area contributed by atoms with E-state index >= 15 is 0 Å². The molecule has 0 fully saturated rings. The fraction of sp³-hybridized carbons (Fsp3) is 0.300. The molecule has 0 saturated heterocycles. The lowest BCUT2D eigenvalue weighted by molar-refractivity contribution is -0.152. The average Bonchev–Trinajstić information content (AvgIpc) is 2.68. The number of esters is 1. The summed E-state index contributed by atoms with van der Waals surface area (Å²) in [5, 5.41) is 2.28. The first-order valence-corrected chi connectivity index (χ1v) is 9.27. The van der Waals surface area contributed by atoms with Crippen molar-refractivity contribution in [3.05, 3.63) is 48.5 Å². The summed E-state index contributed by atoms with van der Waals surface area (Å²) >= 11 is 1.38.